The van der Waals surface area contributed by atoms with Gasteiger partial charge in [-0.15, -0.1) is 0 Å². The highest BCUT2D eigenvalue weighted by molar-refractivity contribution is 6.05. The van der Waals surface area contributed by atoms with Crippen molar-refractivity contribution in [2.45, 2.75) is 13.3 Å². The molecule has 2 aromatic carbocycles. The van der Waals surface area contributed by atoms with E-state index in [0.29, 0.717) is 5.56 Å². The molecular weight excluding hydrogens is 341 g/mol. The molecule has 0 fully saturated rings. The fraction of sp³-hybridized carbons (Fsp3) is 0.227. The molecule has 1 aromatic heterocycles. The van der Waals surface area contributed by atoms with Crippen molar-refractivity contribution in [2.24, 2.45) is 0 Å². The summed E-state index contributed by atoms with van der Waals surface area (Å²) in [6.07, 6.45) is 5.36. The van der Waals surface area contributed by atoms with Crippen LogP contribution in [0.15, 0.2) is 54.7 Å². The van der Waals surface area contributed by atoms with Gasteiger partial charge in [0.15, 0.2) is 0 Å². The van der Waals surface area contributed by atoms with Gasteiger partial charge in [0.1, 0.15) is 5.82 Å². The Labute approximate surface area is 157 Å². The van der Waals surface area contributed by atoms with E-state index in [1.807, 2.05) is 24.4 Å². The summed E-state index contributed by atoms with van der Waals surface area (Å²) in [7, 11) is 0. The van der Waals surface area contributed by atoms with Crippen molar-refractivity contribution in [3.63, 3.8) is 0 Å². The summed E-state index contributed by atoms with van der Waals surface area (Å²) in [6, 6.07) is 11.4. The summed E-state index contributed by atoms with van der Waals surface area (Å²) in [5.41, 5.74) is 4.74. The molecule has 2 heterocycles. The zero-order chi connectivity index (χ0) is 18.8. The van der Waals surface area contributed by atoms with E-state index in [9.17, 15) is 9.18 Å². The number of hydrogen-bond donors (Lipinski definition) is 2. The van der Waals surface area contributed by atoms with Gasteiger partial charge >= 0.3 is 0 Å². The van der Waals surface area contributed by atoms with Gasteiger partial charge in [0.2, 0.25) is 0 Å². The summed E-state index contributed by atoms with van der Waals surface area (Å²) in [5, 5.41) is 4.00. The van der Waals surface area contributed by atoms with Gasteiger partial charge in [0.25, 0.3) is 5.91 Å². The first-order chi connectivity index (χ1) is 13.1. The number of nitrogens with one attached hydrogen (secondary N) is 2. The minimum Gasteiger partial charge on any atom is -0.361 e. The molecule has 0 radical (unpaired) electrons. The maximum atomic E-state index is 13.0. The lowest BCUT2D eigenvalue weighted by Gasteiger charge is -2.24. The Morgan fingerprint density at radius 3 is 2.74 bits per heavy atom. The highest BCUT2D eigenvalue weighted by atomic mass is 19.1. The van der Waals surface area contributed by atoms with Crippen LogP contribution in [0.3, 0.4) is 0 Å². The number of hydrogen-bond acceptors (Lipinski definition) is 2. The molecule has 4 nitrogen and oxygen atoms in total. The van der Waals surface area contributed by atoms with Crippen molar-refractivity contribution in [1.29, 1.82) is 0 Å². The molecule has 0 bridgehead atoms. The van der Waals surface area contributed by atoms with Gasteiger partial charge in [0, 0.05) is 47.0 Å². The first-order valence-electron chi connectivity index (χ1n) is 9.24. The molecule has 4 rings (SSSR count). The Morgan fingerprint density at radius 2 is 2.04 bits per heavy atom. The van der Waals surface area contributed by atoms with E-state index in [1.54, 1.807) is 0 Å². The Morgan fingerprint density at radius 1 is 1.22 bits per heavy atom. The molecule has 5 heteroatoms. The predicted octanol–water partition coefficient (Wildman–Crippen LogP) is 4.67. The number of likely N-dealkylation sites (N-methyl/N-ethyl adjacent to an activating group) is 1. The molecule has 0 aliphatic carbocycles. The van der Waals surface area contributed by atoms with Crippen molar-refractivity contribution in [3.05, 3.63) is 71.7 Å². The minimum absolute atomic E-state index is 0.248. The van der Waals surface area contributed by atoms with Crippen LogP contribution in [0, 0.1) is 5.82 Å². The van der Waals surface area contributed by atoms with Crippen LogP contribution in [-0.2, 0) is 0 Å². The monoisotopic (exact) mass is 363 g/mol. The molecule has 138 valence electrons. The highest BCUT2D eigenvalue weighted by Gasteiger charge is 2.15. The third kappa shape index (κ3) is 3.64. The molecular formula is C22H22FN3O. The lowest BCUT2D eigenvalue weighted by molar-refractivity contribution is 0.102. The van der Waals surface area contributed by atoms with Crippen molar-refractivity contribution in [3.8, 4) is 0 Å². The van der Waals surface area contributed by atoms with Crippen LogP contribution < -0.4 is 5.32 Å². The quantitative estimate of drug-likeness (QED) is 0.708. The molecule has 2 N–H and O–H groups in total. The number of aromatic nitrogens is 1. The van der Waals surface area contributed by atoms with E-state index in [-0.39, 0.29) is 11.7 Å². The number of aromatic amines is 1. The highest BCUT2D eigenvalue weighted by Crippen LogP contribution is 2.31. The molecule has 0 spiro atoms. The van der Waals surface area contributed by atoms with Crippen LogP contribution in [0.4, 0.5) is 10.1 Å². The SMILES string of the molecule is CCN1CC=C(c2c[nH]c3ccc(NC(=O)c4ccc(F)cc4)cc23)CC1. The second-order valence-corrected chi connectivity index (χ2v) is 6.80. The van der Waals surface area contributed by atoms with E-state index in [1.165, 1.54) is 35.4 Å². The number of nitrogens with zero attached hydrogens (tertiary/aromatic N) is 1. The van der Waals surface area contributed by atoms with E-state index >= 15 is 0 Å². The van der Waals surface area contributed by atoms with E-state index < -0.39 is 0 Å². The predicted molar refractivity (Wildman–Crippen MR) is 107 cm³/mol. The third-order valence-corrected chi connectivity index (χ3v) is 5.13. The molecule has 3 aromatic rings. The molecule has 0 atom stereocenters. The van der Waals surface area contributed by atoms with Gasteiger partial charge in [-0.05, 0) is 61.0 Å². The summed E-state index contributed by atoms with van der Waals surface area (Å²) in [6.45, 7) is 5.29. The fourth-order valence-corrected chi connectivity index (χ4v) is 3.51. The van der Waals surface area contributed by atoms with Crippen LogP contribution in [0.25, 0.3) is 16.5 Å². The zero-order valence-corrected chi connectivity index (χ0v) is 15.3. The first-order valence-corrected chi connectivity index (χ1v) is 9.24. The number of fused-ring (bicyclic) bond motifs is 1. The number of rotatable bonds is 4. The smallest absolute Gasteiger partial charge is 0.255 e. The van der Waals surface area contributed by atoms with E-state index in [4.69, 9.17) is 0 Å². The summed E-state index contributed by atoms with van der Waals surface area (Å²) >= 11 is 0. The molecule has 1 amide bonds. The second-order valence-electron chi connectivity index (χ2n) is 6.80. The average molecular weight is 363 g/mol. The number of anilines is 1. The topological polar surface area (TPSA) is 48.1 Å². The Balaban J connectivity index is 1.59. The van der Waals surface area contributed by atoms with Crippen LogP contribution in [0.5, 0.6) is 0 Å². The molecule has 0 unspecified atom stereocenters. The average Bonchev–Trinajstić information content (AvgIpc) is 3.12. The number of halogens is 1. The van der Waals surface area contributed by atoms with Gasteiger partial charge in [-0.25, -0.2) is 4.39 Å². The Hall–Kier alpha value is -2.92. The van der Waals surface area contributed by atoms with Gasteiger partial charge in [0.05, 0.1) is 0 Å². The van der Waals surface area contributed by atoms with E-state index in [0.717, 1.165) is 42.6 Å². The number of carbonyl (C=O) groups excluding carboxylic acids is 1. The fourth-order valence-electron chi connectivity index (χ4n) is 3.51. The van der Waals surface area contributed by atoms with Gasteiger partial charge in [-0.1, -0.05) is 13.0 Å². The lowest BCUT2D eigenvalue weighted by atomic mass is 9.98. The van der Waals surface area contributed by atoms with Gasteiger partial charge in [-0.2, -0.15) is 0 Å². The van der Waals surface area contributed by atoms with Crippen LogP contribution in [0.1, 0.15) is 29.3 Å². The number of amides is 1. The normalized spacial score (nSPS) is 15.0. The van der Waals surface area contributed by atoms with Crippen molar-refractivity contribution in [1.82, 2.24) is 9.88 Å². The maximum Gasteiger partial charge on any atom is 0.255 e. The van der Waals surface area contributed by atoms with Crippen LogP contribution >= 0.6 is 0 Å². The summed E-state index contributed by atoms with van der Waals surface area (Å²) < 4.78 is 13.0. The molecule has 0 saturated heterocycles. The molecule has 1 aliphatic heterocycles. The minimum atomic E-state index is -0.354. The van der Waals surface area contributed by atoms with Crippen molar-refractivity contribution in [2.75, 3.05) is 25.0 Å². The van der Waals surface area contributed by atoms with E-state index in [2.05, 4.69) is 28.2 Å². The Bertz CT molecular complexity index is 1000. The summed E-state index contributed by atoms with van der Waals surface area (Å²) in [5.74, 6) is -0.603. The third-order valence-electron chi connectivity index (χ3n) is 5.13. The van der Waals surface area contributed by atoms with Gasteiger partial charge in [-0.3, -0.25) is 9.69 Å². The molecule has 1 aliphatic rings. The molecule has 27 heavy (non-hydrogen) atoms. The zero-order valence-electron chi connectivity index (χ0n) is 15.3. The van der Waals surface area contributed by atoms with Crippen molar-refractivity contribution >= 4 is 28.1 Å². The standard InChI is InChI=1S/C22H22FN3O/c1-2-26-11-9-15(10-12-26)20-14-24-21-8-7-18(13-19(20)21)25-22(27)16-3-5-17(23)6-4-16/h3-9,13-14,24H,2,10-12H2,1H3,(H,25,27). The largest absolute Gasteiger partial charge is 0.361 e. The second kappa shape index (κ2) is 7.37. The first kappa shape index (κ1) is 17.5. The van der Waals surface area contributed by atoms with Crippen LogP contribution in [0.2, 0.25) is 0 Å². The molecule has 0 saturated carbocycles. The maximum absolute atomic E-state index is 13.0. The number of carbonyl (C=O) groups is 1. The lowest BCUT2D eigenvalue weighted by Crippen LogP contribution is -2.27. The number of benzene rings is 2. The Kier molecular flexibility index (Phi) is 4.77. The van der Waals surface area contributed by atoms with Crippen LogP contribution in [-0.4, -0.2) is 35.4 Å². The van der Waals surface area contributed by atoms with Gasteiger partial charge < -0.3 is 10.3 Å². The van der Waals surface area contributed by atoms with Crippen molar-refractivity contribution < 1.29 is 9.18 Å². The number of H-pyrrole nitrogens is 1. The summed E-state index contributed by atoms with van der Waals surface area (Å²) in [4.78, 5) is 18.1.